The van der Waals surface area contributed by atoms with E-state index in [0.717, 1.165) is 67.3 Å². The zero-order chi connectivity index (χ0) is 32.3. The summed E-state index contributed by atoms with van der Waals surface area (Å²) in [6.07, 6.45) is 8.36. The second kappa shape index (κ2) is 19.9. The molecule has 2 aromatic carbocycles. The molecule has 1 unspecified atom stereocenters. The molecule has 1 atom stereocenters. The van der Waals surface area contributed by atoms with Crippen LogP contribution in [0.3, 0.4) is 0 Å². The summed E-state index contributed by atoms with van der Waals surface area (Å²) in [4.78, 5) is 17.1. The van der Waals surface area contributed by atoms with Crippen molar-refractivity contribution in [2.24, 2.45) is 0 Å². The fourth-order valence-corrected chi connectivity index (χ4v) is 4.84. The maximum absolute atomic E-state index is 12.4. The van der Waals surface area contributed by atoms with Crippen LogP contribution in [0.4, 0.5) is 13.2 Å². The van der Waals surface area contributed by atoms with Crippen molar-refractivity contribution in [2.75, 3.05) is 19.8 Å². The van der Waals surface area contributed by atoms with Crippen LogP contribution in [0.15, 0.2) is 66.9 Å². The lowest BCUT2D eigenvalue weighted by atomic mass is 10.0. The first-order chi connectivity index (χ1) is 21.8. The third-order valence-electron chi connectivity index (χ3n) is 7.73. The molecule has 0 bridgehead atoms. The largest absolute Gasteiger partial charge is 0.494 e. The Bertz CT molecular complexity index is 1230. The van der Waals surface area contributed by atoms with Gasteiger partial charge in [-0.3, -0.25) is 4.98 Å². The van der Waals surface area contributed by atoms with Gasteiger partial charge in [-0.1, -0.05) is 82.9 Å². The predicted octanol–water partition coefficient (Wildman–Crippen LogP) is 10.6. The van der Waals surface area contributed by atoms with E-state index in [1.54, 1.807) is 12.1 Å². The molecule has 0 aliphatic rings. The minimum absolute atomic E-state index is 0.0922. The van der Waals surface area contributed by atoms with Gasteiger partial charge in [0.2, 0.25) is 0 Å². The summed E-state index contributed by atoms with van der Waals surface area (Å²) in [5, 5.41) is 0. The number of hydrogen-bond acceptors (Lipinski definition) is 5. The number of pyridine rings is 1. The maximum atomic E-state index is 12.4. The number of halogens is 3. The van der Waals surface area contributed by atoms with Crippen molar-refractivity contribution >= 4 is 5.97 Å². The average molecular weight is 628 g/mol. The van der Waals surface area contributed by atoms with Gasteiger partial charge in [0, 0.05) is 23.9 Å². The molecule has 0 aliphatic heterocycles. The summed E-state index contributed by atoms with van der Waals surface area (Å²) in [7, 11) is 0. The van der Waals surface area contributed by atoms with E-state index in [1.165, 1.54) is 38.5 Å². The molecule has 0 amide bonds. The van der Waals surface area contributed by atoms with Crippen molar-refractivity contribution in [1.29, 1.82) is 0 Å². The molecular weight excluding hydrogens is 579 g/mol. The zero-order valence-electron chi connectivity index (χ0n) is 26.7. The monoisotopic (exact) mass is 627 g/mol. The molecule has 0 saturated carbocycles. The molecule has 0 N–H and O–H groups in total. The van der Waals surface area contributed by atoms with Gasteiger partial charge in [-0.25, -0.2) is 4.79 Å². The molecule has 8 heteroatoms. The Morgan fingerprint density at radius 1 is 0.689 bits per heavy atom. The molecule has 1 aromatic heterocycles. The van der Waals surface area contributed by atoms with Crippen molar-refractivity contribution < 1.29 is 32.2 Å². The summed E-state index contributed by atoms with van der Waals surface area (Å²) in [5.41, 5.74) is 4.28. The van der Waals surface area contributed by atoms with Crippen LogP contribution in [0, 0.1) is 0 Å². The smallest absolute Gasteiger partial charge is 0.414 e. The summed E-state index contributed by atoms with van der Waals surface area (Å²) in [6.45, 7) is 4.40. The number of carbonyl (C=O) groups is 1. The molecule has 0 spiro atoms. The Hall–Kier alpha value is -3.39. The van der Waals surface area contributed by atoms with Crippen molar-refractivity contribution in [3.8, 4) is 28.1 Å². The Kier molecular flexibility index (Phi) is 15.9. The number of unbranched alkanes of at least 4 members (excludes halogenated alkanes) is 10. The fourth-order valence-electron chi connectivity index (χ4n) is 4.84. The highest BCUT2D eigenvalue weighted by molar-refractivity contribution is 5.90. The molecule has 0 fully saturated rings. The van der Waals surface area contributed by atoms with Gasteiger partial charge in [-0.2, -0.15) is 13.2 Å². The Morgan fingerprint density at radius 3 is 1.84 bits per heavy atom. The summed E-state index contributed by atoms with van der Waals surface area (Å²) in [5.74, 6) is 0.501. The third kappa shape index (κ3) is 13.6. The standard InChI is InChI=1S/C37H48F3NO4/c1-3-4-5-6-7-9-13-26-44-34-22-19-31(20-23-34)35-24-21-33(28-41-35)30-15-17-32(18-16-30)36(42)45-27-14-11-8-10-12-25-43-29(2)37(38,39)40/h15-24,28-29H,3-14,25-27H2,1-2H3. The van der Waals surface area contributed by atoms with Gasteiger partial charge in [0.1, 0.15) is 5.75 Å². The third-order valence-corrected chi connectivity index (χ3v) is 7.73. The summed E-state index contributed by atoms with van der Waals surface area (Å²) < 4.78 is 53.3. The van der Waals surface area contributed by atoms with Crippen LogP contribution >= 0.6 is 0 Å². The highest BCUT2D eigenvalue weighted by atomic mass is 19.4. The number of benzene rings is 2. The molecule has 0 aliphatic carbocycles. The topological polar surface area (TPSA) is 57.7 Å². The number of rotatable bonds is 21. The fraction of sp³-hybridized carbons (Fsp3) is 0.514. The minimum atomic E-state index is -4.32. The van der Waals surface area contributed by atoms with E-state index in [4.69, 9.17) is 14.2 Å². The Balaban J connectivity index is 1.33. The predicted molar refractivity (Wildman–Crippen MR) is 173 cm³/mol. The zero-order valence-corrected chi connectivity index (χ0v) is 26.7. The van der Waals surface area contributed by atoms with Crippen LogP contribution in [-0.4, -0.2) is 43.1 Å². The SMILES string of the molecule is CCCCCCCCCOc1ccc(-c2ccc(-c3ccc(C(=O)OCCCCCCCOC(C)C(F)(F)F)cc3)cn2)cc1. The number of hydrogen-bond donors (Lipinski definition) is 0. The highest BCUT2D eigenvalue weighted by Crippen LogP contribution is 2.25. The maximum Gasteiger partial charge on any atom is 0.414 e. The first-order valence-electron chi connectivity index (χ1n) is 16.4. The molecule has 246 valence electrons. The first-order valence-corrected chi connectivity index (χ1v) is 16.4. The van der Waals surface area contributed by atoms with Gasteiger partial charge in [-0.05, 0) is 74.2 Å². The van der Waals surface area contributed by atoms with Crippen LogP contribution in [0.1, 0.15) is 101 Å². The van der Waals surface area contributed by atoms with Crippen molar-refractivity contribution in [3.63, 3.8) is 0 Å². The van der Waals surface area contributed by atoms with E-state index >= 15 is 0 Å². The molecule has 3 rings (SSSR count). The molecular formula is C37H48F3NO4. The Morgan fingerprint density at radius 2 is 1.24 bits per heavy atom. The van der Waals surface area contributed by atoms with Gasteiger partial charge in [0.15, 0.2) is 6.10 Å². The van der Waals surface area contributed by atoms with Gasteiger partial charge < -0.3 is 14.2 Å². The van der Waals surface area contributed by atoms with E-state index in [-0.39, 0.29) is 12.6 Å². The number of nitrogens with zero attached hydrogens (tertiary/aromatic N) is 1. The molecule has 5 nitrogen and oxygen atoms in total. The second-order valence-electron chi connectivity index (χ2n) is 11.5. The van der Waals surface area contributed by atoms with E-state index in [1.807, 2.05) is 54.7 Å². The normalized spacial score (nSPS) is 12.2. The number of alkyl halides is 3. The van der Waals surface area contributed by atoms with Gasteiger partial charge in [0.25, 0.3) is 0 Å². The Labute approximate surface area is 266 Å². The van der Waals surface area contributed by atoms with Crippen molar-refractivity contribution in [1.82, 2.24) is 4.98 Å². The quantitative estimate of drug-likeness (QED) is 0.0869. The van der Waals surface area contributed by atoms with E-state index in [0.29, 0.717) is 25.0 Å². The number of carbonyl (C=O) groups excluding carboxylic acids is 1. The second-order valence-corrected chi connectivity index (χ2v) is 11.5. The summed E-state index contributed by atoms with van der Waals surface area (Å²) in [6, 6.07) is 19.3. The lowest BCUT2D eigenvalue weighted by Gasteiger charge is -2.16. The van der Waals surface area contributed by atoms with Crippen LogP contribution < -0.4 is 4.74 Å². The highest BCUT2D eigenvalue weighted by Gasteiger charge is 2.36. The van der Waals surface area contributed by atoms with Crippen LogP contribution in [0.5, 0.6) is 5.75 Å². The lowest BCUT2D eigenvalue weighted by molar-refractivity contribution is -0.214. The van der Waals surface area contributed by atoms with Crippen LogP contribution in [0.2, 0.25) is 0 Å². The minimum Gasteiger partial charge on any atom is -0.494 e. The molecule has 0 radical (unpaired) electrons. The van der Waals surface area contributed by atoms with E-state index in [2.05, 4.69) is 11.9 Å². The summed E-state index contributed by atoms with van der Waals surface area (Å²) >= 11 is 0. The first kappa shape index (κ1) is 36.1. The number of ether oxygens (including phenoxy) is 3. The van der Waals surface area contributed by atoms with E-state index in [9.17, 15) is 18.0 Å². The molecule has 3 aromatic rings. The van der Waals surface area contributed by atoms with Gasteiger partial charge in [0.05, 0.1) is 24.5 Å². The van der Waals surface area contributed by atoms with Gasteiger partial charge >= 0.3 is 12.1 Å². The van der Waals surface area contributed by atoms with Crippen molar-refractivity contribution in [3.05, 3.63) is 72.4 Å². The van der Waals surface area contributed by atoms with Crippen LogP contribution in [-0.2, 0) is 9.47 Å². The number of esters is 1. The van der Waals surface area contributed by atoms with Crippen molar-refractivity contribution in [2.45, 2.75) is 103 Å². The molecule has 0 saturated heterocycles. The van der Waals surface area contributed by atoms with Gasteiger partial charge in [-0.15, -0.1) is 0 Å². The average Bonchev–Trinajstić information content (AvgIpc) is 3.05. The van der Waals surface area contributed by atoms with Crippen LogP contribution in [0.25, 0.3) is 22.4 Å². The molecule has 45 heavy (non-hydrogen) atoms. The lowest BCUT2D eigenvalue weighted by Crippen LogP contribution is -2.28. The number of aromatic nitrogens is 1. The van der Waals surface area contributed by atoms with E-state index < -0.39 is 12.3 Å². The molecule has 1 heterocycles.